The molecule has 136 valence electrons. The molecule has 0 heterocycles. The molecule has 0 aromatic heterocycles. The van der Waals surface area contributed by atoms with Gasteiger partial charge in [0.1, 0.15) is 0 Å². The smallest absolute Gasteiger partial charge is 0.264 e. The van der Waals surface area contributed by atoms with E-state index >= 15 is 0 Å². The summed E-state index contributed by atoms with van der Waals surface area (Å²) >= 11 is 0. The van der Waals surface area contributed by atoms with Crippen LogP contribution in [0.2, 0.25) is 0 Å². The van der Waals surface area contributed by atoms with E-state index in [1.807, 2.05) is 6.08 Å². The van der Waals surface area contributed by atoms with E-state index in [1.54, 1.807) is 0 Å². The molecule has 5 nitrogen and oxygen atoms in total. The molecule has 0 aliphatic heterocycles. The van der Waals surface area contributed by atoms with Crippen molar-refractivity contribution in [3.63, 3.8) is 0 Å². The number of rotatable bonds is 15. The Morgan fingerprint density at radius 2 is 1.52 bits per heavy atom. The van der Waals surface area contributed by atoms with Crippen molar-refractivity contribution in [1.82, 2.24) is 5.32 Å². The molecule has 0 atom stereocenters. The highest BCUT2D eigenvalue weighted by Crippen LogP contribution is 2.10. The van der Waals surface area contributed by atoms with Crippen LogP contribution in [-0.4, -0.2) is 31.2 Å². The number of allylic oxidation sites excluding steroid dienone is 1. The van der Waals surface area contributed by atoms with Crippen LogP contribution in [0.15, 0.2) is 12.2 Å². The molecule has 0 aliphatic carbocycles. The van der Waals surface area contributed by atoms with Crippen LogP contribution in [0, 0.1) is 0 Å². The van der Waals surface area contributed by atoms with Gasteiger partial charge in [0.15, 0.2) is 0 Å². The van der Waals surface area contributed by atoms with Crippen LogP contribution in [0.25, 0.3) is 0 Å². The summed E-state index contributed by atoms with van der Waals surface area (Å²) in [6, 6.07) is 0. The molecular formula is C17H33NO4S. The quantitative estimate of drug-likeness (QED) is 0.268. The highest BCUT2D eigenvalue weighted by molar-refractivity contribution is 7.85. The van der Waals surface area contributed by atoms with Crippen molar-refractivity contribution in [2.24, 2.45) is 0 Å². The maximum atomic E-state index is 11.4. The average molecular weight is 348 g/mol. The van der Waals surface area contributed by atoms with Crippen molar-refractivity contribution < 1.29 is 17.8 Å². The topological polar surface area (TPSA) is 83.5 Å². The second-order valence-electron chi connectivity index (χ2n) is 5.95. The van der Waals surface area contributed by atoms with Gasteiger partial charge in [0, 0.05) is 6.54 Å². The van der Waals surface area contributed by atoms with Gasteiger partial charge in [-0.3, -0.25) is 9.35 Å². The Balaban J connectivity index is 3.37. The Hall–Kier alpha value is -0.880. The monoisotopic (exact) mass is 347 g/mol. The Bertz CT molecular complexity index is 418. The molecule has 6 heteroatoms. The second kappa shape index (κ2) is 14.7. The van der Waals surface area contributed by atoms with E-state index in [0.29, 0.717) is 0 Å². The van der Waals surface area contributed by atoms with E-state index in [1.165, 1.54) is 57.4 Å². The first-order chi connectivity index (χ1) is 11.0. The fourth-order valence-electron chi connectivity index (χ4n) is 2.29. The molecule has 23 heavy (non-hydrogen) atoms. The molecule has 0 bridgehead atoms. The number of nitrogens with one attached hydrogen (secondary N) is 1. The van der Waals surface area contributed by atoms with Crippen molar-refractivity contribution >= 4 is 16.0 Å². The lowest BCUT2D eigenvalue weighted by molar-refractivity contribution is -0.116. The van der Waals surface area contributed by atoms with Gasteiger partial charge in [0.05, 0.1) is 5.75 Å². The molecule has 0 rings (SSSR count). The van der Waals surface area contributed by atoms with Crippen LogP contribution in [0.4, 0.5) is 0 Å². The van der Waals surface area contributed by atoms with Crippen LogP contribution in [0.3, 0.4) is 0 Å². The summed E-state index contributed by atoms with van der Waals surface area (Å²) in [5.41, 5.74) is 0. The minimum absolute atomic E-state index is 0.212. The third-order valence-corrected chi connectivity index (χ3v) is 4.43. The van der Waals surface area contributed by atoms with Gasteiger partial charge in [-0.05, 0) is 25.3 Å². The number of amides is 1. The zero-order chi connectivity index (χ0) is 17.4. The maximum absolute atomic E-state index is 11.4. The van der Waals surface area contributed by atoms with Crippen molar-refractivity contribution in [2.75, 3.05) is 12.3 Å². The fraction of sp³-hybridized carbons (Fsp3) is 0.824. The number of carbonyl (C=O) groups excluding carboxylic acids is 1. The van der Waals surface area contributed by atoms with Crippen molar-refractivity contribution in [2.45, 2.75) is 77.6 Å². The summed E-state index contributed by atoms with van der Waals surface area (Å²) in [5, 5.41) is 2.59. The first-order valence-corrected chi connectivity index (χ1v) is 10.5. The zero-order valence-corrected chi connectivity index (χ0v) is 15.2. The van der Waals surface area contributed by atoms with Crippen LogP contribution in [0.5, 0.6) is 0 Å². The largest absolute Gasteiger partial charge is 0.353 e. The first kappa shape index (κ1) is 22.1. The zero-order valence-electron chi connectivity index (χ0n) is 14.4. The maximum Gasteiger partial charge on any atom is 0.264 e. The van der Waals surface area contributed by atoms with E-state index in [0.717, 1.165) is 12.8 Å². The molecule has 0 saturated carbocycles. The van der Waals surface area contributed by atoms with Gasteiger partial charge >= 0.3 is 0 Å². The summed E-state index contributed by atoms with van der Waals surface area (Å²) in [6.45, 7) is 2.48. The molecule has 0 aliphatic rings. The van der Waals surface area contributed by atoms with Gasteiger partial charge < -0.3 is 5.32 Å². The Morgan fingerprint density at radius 3 is 2.09 bits per heavy atom. The van der Waals surface area contributed by atoms with E-state index in [9.17, 15) is 13.2 Å². The molecule has 0 saturated heterocycles. The van der Waals surface area contributed by atoms with Gasteiger partial charge in [-0.25, -0.2) is 0 Å². The summed E-state index contributed by atoms with van der Waals surface area (Å²) in [4.78, 5) is 11.4. The van der Waals surface area contributed by atoms with Crippen molar-refractivity contribution in [1.29, 1.82) is 0 Å². The minimum atomic E-state index is -3.93. The van der Waals surface area contributed by atoms with Crippen molar-refractivity contribution in [3.05, 3.63) is 12.2 Å². The van der Waals surface area contributed by atoms with E-state index in [4.69, 9.17) is 4.55 Å². The van der Waals surface area contributed by atoms with Crippen LogP contribution >= 0.6 is 0 Å². The van der Waals surface area contributed by atoms with E-state index in [2.05, 4.69) is 12.2 Å². The lowest BCUT2D eigenvalue weighted by Gasteiger charge is -2.01. The summed E-state index contributed by atoms with van der Waals surface area (Å²) in [7, 11) is -3.93. The van der Waals surface area contributed by atoms with Gasteiger partial charge in [0.25, 0.3) is 10.1 Å². The average Bonchev–Trinajstić information content (AvgIpc) is 2.48. The van der Waals surface area contributed by atoms with Crippen LogP contribution < -0.4 is 5.32 Å². The molecule has 0 spiro atoms. The lowest BCUT2D eigenvalue weighted by Crippen LogP contribution is -2.23. The summed E-state index contributed by atoms with van der Waals surface area (Å²) in [5.74, 6) is -0.536. The summed E-state index contributed by atoms with van der Waals surface area (Å²) in [6.07, 6.45) is 16.0. The molecule has 2 N–H and O–H groups in total. The normalized spacial score (nSPS) is 11.9. The molecule has 0 radical (unpaired) electrons. The van der Waals surface area contributed by atoms with Crippen molar-refractivity contribution in [3.8, 4) is 0 Å². The van der Waals surface area contributed by atoms with E-state index < -0.39 is 10.1 Å². The van der Waals surface area contributed by atoms with Crippen LogP contribution in [-0.2, 0) is 14.9 Å². The third-order valence-electron chi connectivity index (χ3n) is 3.62. The molecule has 1 amide bonds. The van der Waals surface area contributed by atoms with Crippen LogP contribution in [0.1, 0.15) is 77.6 Å². The number of carbonyl (C=O) groups is 1. The molecule has 0 aromatic rings. The Labute approximate surface area is 141 Å². The predicted molar refractivity (Wildman–Crippen MR) is 95.0 cm³/mol. The third kappa shape index (κ3) is 19.1. The molecule has 0 unspecified atom stereocenters. The van der Waals surface area contributed by atoms with Gasteiger partial charge in [-0.2, -0.15) is 8.42 Å². The first-order valence-electron chi connectivity index (χ1n) is 8.85. The highest BCUT2D eigenvalue weighted by Gasteiger charge is 2.03. The number of hydrogen-bond acceptors (Lipinski definition) is 3. The Kier molecular flexibility index (Phi) is 14.1. The summed E-state index contributed by atoms with van der Waals surface area (Å²) < 4.78 is 29.5. The van der Waals surface area contributed by atoms with Gasteiger partial charge in [0.2, 0.25) is 5.91 Å². The van der Waals surface area contributed by atoms with Gasteiger partial charge in [-0.15, -0.1) is 0 Å². The predicted octanol–water partition coefficient (Wildman–Crippen LogP) is 3.86. The minimum Gasteiger partial charge on any atom is -0.353 e. The second-order valence-corrected chi connectivity index (χ2v) is 7.52. The SMILES string of the molecule is CCCCCCCCCCC/C=C/C(=O)NCCCS(=O)(=O)O. The van der Waals surface area contributed by atoms with Gasteiger partial charge in [-0.1, -0.05) is 64.4 Å². The lowest BCUT2D eigenvalue weighted by atomic mass is 10.1. The standard InChI is InChI=1S/C17H33NO4S/c1-2-3-4-5-6-7-8-9-10-11-12-14-17(19)18-15-13-16-23(20,21)22/h12,14H,2-11,13,15-16H2,1H3,(H,18,19)(H,20,21,22)/b14-12+. The Morgan fingerprint density at radius 1 is 0.957 bits per heavy atom. The van der Waals surface area contributed by atoms with E-state index in [-0.39, 0.29) is 24.6 Å². The highest BCUT2D eigenvalue weighted by atomic mass is 32.2. The molecule has 0 fully saturated rings. The number of unbranched alkanes of at least 4 members (excludes halogenated alkanes) is 9. The number of hydrogen-bond donors (Lipinski definition) is 2. The fourth-order valence-corrected chi connectivity index (χ4v) is 2.80. The molecular weight excluding hydrogens is 314 g/mol. The molecule has 0 aromatic carbocycles.